The molecule has 9 heavy (non-hydrogen) atoms. The first-order valence-corrected chi connectivity index (χ1v) is 2.00. The van der Waals surface area contributed by atoms with Gasteiger partial charge in [0.25, 0.3) is 6.20 Å². The Hall–Kier alpha value is -1.61. The Balaban J connectivity index is 3.97. The van der Waals surface area contributed by atoms with Gasteiger partial charge in [-0.2, -0.15) is 4.99 Å². The summed E-state index contributed by atoms with van der Waals surface area (Å²) in [6.07, 6.45) is 0.554. The zero-order valence-corrected chi connectivity index (χ0v) is 4.57. The van der Waals surface area contributed by atoms with E-state index in [0.29, 0.717) is 6.20 Å². The van der Waals surface area contributed by atoms with Crippen LogP contribution >= 0.6 is 0 Å². The molecule has 0 unspecified atom stereocenters. The molecule has 5 heteroatoms. The summed E-state index contributed by atoms with van der Waals surface area (Å²) in [5, 5.41) is 9.54. The minimum absolute atomic E-state index is 0.00639. The monoisotopic (exact) mass is 127 g/mol. The maximum Gasteiger partial charge on any atom is 0.295 e. The molecule has 0 saturated heterocycles. The molecule has 0 rings (SSSR count). The van der Waals surface area contributed by atoms with Crippen LogP contribution in [0.25, 0.3) is 0 Å². The van der Waals surface area contributed by atoms with E-state index in [1.807, 2.05) is 5.87 Å². The summed E-state index contributed by atoms with van der Waals surface area (Å²) >= 11 is 0. The van der Waals surface area contributed by atoms with E-state index in [1.165, 1.54) is 0 Å². The minimum Gasteiger partial charge on any atom is -0.384 e. The second kappa shape index (κ2) is 3.40. The number of hydrogen-bond donors (Lipinski definition) is 1. The van der Waals surface area contributed by atoms with Crippen molar-refractivity contribution in [3.05, 3.63) is 28.7 Å². The van der Waals surface area contributed by atoms with Gasteiger partial charge in [0, 0.05) is 0 Å². The van der Waals surface area contributed by atoms with Crippen LogP contribution < -0.4 is 5.73 Å². The van der Waals surface area contributed by atoms with Crippen molar-refractivity contribution in [1.29, 1.82) is 0 Å². The van der Waals surface area contributed by atoms with Gasteiger partial charge < -0.3 is 5.73 Å². The third-order valence-electron chi connectivity index (χ3n) is 0.371. The fraction of sp³-hybridized carbons (Fsp3) is 0. The van der Waals surface area contributed by atoms with Crippen LogP contribution in [0.5, 0.6) is 0 Å². The molecule has 0 spiro atoms. The molecule has 0 aliphatic rings. The fourth-order valence-corrected chi connectivity index (χ4v) is 0.159. The summed E-state index contributed by atoms with van der Waals surface area (Å²) in [4.78, 5) is 12.1. The molecule has 0 heterocycles. The van der Waals surface area contributed by atoms with Crippen molar-refractivity contribution in [3.8, 4) is 0 Å². The van der Waals surface area contributed by atoms with Crippen molar-refractivity contribution in [2.75, 3.05) is 0 Å². The van der Waals surface area contributed by atoms with Crippen LogP contribution in [0.3, 0.4) is 0 Å². The van der Waals surface area contributed by atoms with Gasteiger partial charge in [0.2, 0.25) is 0 Å². The van der Waals surface area contributed by atoms with E-state index in [0.717, 1.165) is 0 Å². The molecule has 0 aromatic carbocycles. The lowest BCUT2D eigenvalue weighted by Crippen LogP contribution is -1.89. The fourth-order valence-electron chi connectivity index (χ4n) is 0.159. The molecule has 0 fully saturated rings. The SMILES string of the molecule is C=C(N)N=C=C[N+](=O)[O-]. The van der Waals surface area contributed by atoms with Crippen LogP contribution in [0.15, 0.2) is 23.6 Å². The summed E-state index contributed by atoms with van der Waals surface area (Å²) in [7, 11) is 0. The highest BCUT2D eigenvalue weighted by atomic mass is 16.6. The zero-order valence-electron chi connectivity index (χ0n) is 4.57. The van der Waals surface area contributed by atoms with E-state index < -0.39 is 4.92 Å². The zero-order chi connectivity index (χ0) is 7.28. The Morgan fingerprint density at radius 3 is 2.89 bits per heavy atom. The molecule has 0 atom stereocenters. The van der Waals surface area contributed by atoms with Crippen LogP contribution in [-0.2, 0) is 0 Å². The lowest BCUT2D eigenvalue weighted by atomic mass is 10.8. The van der Waals surface area contributed by atoms with E-state index >= 15 is 0 Å². The molecule has 0 aromatic rings. The number of nitrogens with two attached hydrogens (primary N) is 1. The van der Waals surface area contributed by atoms with Crippen molar-refractivity contribution in [3.63, 3.8) is 0 Å². The van der Waals surface area contributed by atoms with Gasteiger partial charge in [0.1, 0.15) is 5.82 Å². The number of nitrogens with zero attached hydrogens (tertiary/aromatic N) is 2. The van der Waals surface area contributed by atoms with Crippen LogP contribution in [-0.4, -0.2) is 10.8 Å². The lowest BCUT2D eigenvalue weighted by Gasteiger charge is -1.76. The summed E-state index contributed by atoms with van der Waals surface area (Å²) in [5.74, 6) is 1.95. The molecule has 0 saturated carbocycles. The third kappa shape index (κ3) is 6.39. The van der Waals surface area contributed by atoms with Gasteiger partial charge in [0.05, 0.1) is 10.8 Å². The van der Waals surface area contributed by atoms with Crippen molar-refractivity contribution >= 4 is 5.87 Å². The van der Waals surface area contributed by atoms with E-state index in [1.54, 1.807) is 0 Å². The van der Waals surface area contributed by atoms with E-state index in [9.17, 15) is 10.1 Å². The summed E-state index contributed by atoms with van der Waals surface area (Å²) in [6, 6.07) is 0. The topological polar surface area (TPSA) is 81.5 Å². The van der Waals surface area contributed by atoms with Crippen molar-refractivity contribution in [1.82, 2.24) is 0 Å². The van der Waals surface area contributed by atoms with Crippen molar-refractivity contribution < 1.29 is 4.92 Å². The quantitative estimate of drug-likeness (QED) is 0.319. The second-order valence-corrected chi connectivity index (χ2v) is 1.15. The van der Waals surface area contributed by atoms with Crippen LogP contribution in [0.4, 0.5) is 0 Å². The summed E-state index contributed by atoms with van der Waals surface area (Å²) in [5.41, 5.74) is 4.91. The Labute approximate surface area is 51.3 Å². The molecule has 0 aromatic heterocycles. The summed E-state index contributed by atoms with van der Waals surface area (Å²) in [6.45, 7) is 3.16. The molecule has 0 bridgehead atoms. The predicted octanol–water partition coefficient (Wildman–Crippen LogP) is -0.124. The lowest BCUT2D eigenvalue weighted by molar-refractivity contribution is -0.399. The molecule has 2 N–H and O–H groups in total. The van der Waals surface area contributed by atoms with Gasteiger partial charge in [-0.1, -0.05) is 6.58 Å². The van der Waals surface area contributed by atoms with Crippen LogP contribution in [0, 0.1) is 10.1 Å². The molecule has 0 amide bonds. The van der Waals surface area contributed by atoms with Crippen molar-refractivity contribution in [2.24, 2.45) is 10.7 Å². The van der Waals surface area contributed by atoms with Gasteiger partial charge >= 0.3 is 0 Å². The predicted molar refractivity (Wildman–Crippen MR) is 32.3 cm³/mol. The van der Waals surface area contributed by atoms with Gasteiger partial charge in [0.15, 0.2) is 0 Å². The third-order valence-corrected chi connectivity index (χ3v) is 0.371. The highest BCUT2D eigenvalue weighted by Crippen LogP contribution is 1.72. The van der Waals surface area contributed by atoms with Gasteiger partial charge in [-0.05, 0) is 0 Å². The van der Waals surface area contributed by atoms with Crippen LogP contribution in [0.1, 0.15) is 0 Å². The average molecular weight is 127 g/mol. The molecular formula is C4H5N3O2. The Morgan fingerprint density at radius 1 is 2.00 bits per heavy atom. The maximum absolute atomic E-state index is 9.54. The number of rotatable bonds is 2. The first-order valence-electron chi connectivity index (χ1n) is 2.00. The molecule has 0 aliphatic heterocycles. The van der Waals surface area contributed by atoms with E-state index in [4.69, 9.17) is 5.73 Å². The maximum atomic E-state index is 9.54. The van der Waals surface area contributed by atoms with Crippen LogP contribution in [0.2, 0.25) is 0 Å². The van der Waals surface area contributed by atoms with E-state index in [-0.39, 0.29) is 5.82 Å². The van der Waals surface area contributed by atoms with Crippen molar-refractivity contribution in [2.45, 2.75) is 0 Å². The normalized spacial score (nSPS) is 7.11. The first-order chi connectivity index (χ1) is 4.13. The molecule has 0 radical (unpaired) electrons. The van der Waals surface area contributed by atoms with Gasteiger partial charge in [-0.3, -0.25) is 10.1 Å². The molecule has 5 nitrogen and oxygen atoms in total. The van der Waals surface area contributed by atoms with Gasteiger partial charge in [-0.15, -0.1) is 0 Å². The average Bonchev–Trinajstić information content (AvgIpc) is 1.63. The Morgan fingerprint density at radius 2 is 2.56 bits per heavy atom. The highest BCUT2D eigenvalue weighted by Gasteiger charge is 1.78. The second-order valence-electron chi connectivity index (χ2n) is 1.15. The molecular weight excluding hydrogens is 122 g/mol. The standard InChI is InChI=1S/C4H5N3O2/c1-4(5)6-2-3-7(8)9/h3H,1,5H2. The molecule has 0 aliphatic carbocycles. The Kier molecular flexibility index (Phi) is 2.79. The van der Waals surface area contributed by atoms with Gasteiger partial charge in [-0.25, -0.2) is 0 Å². The number of aliphatic imine (C=N–C) groups is 1. The largest absolute Gasteiger partial charge is 0.384 e. The summed E-state index contributed by atoms with van der Waals surface area (Å²) < 4.78 is 0. The molecule has 48 valence electrons. The Bertz CT molecular complexity index is 172. The smallest absolute Gasteiger partial charge is 0.295 e. The number of hydrogen-bond acceptors (Lipinski definition) is 4. The number of nitro groups is 1. The first kappa shape index (κ1) is 7.39. The minimum atomic E-state index is -0.688. The van der Waals surface area contributed by atoms with E-state index in [2.05, 4.69) is 11.6 Å². The highest BCUT2D eigenvalue weighted by molar-refractivity contribution is 5.50.